The Hall–Kier alpha value is -0.810. The molecule has 1 aromatic rings. The first-order valence-corrected chi connectivity index (χ1v) is 8.54. The third-order valence-corrected chi connectivity index (χ3v) is 4.71. The molecule has 1 aromatic carbocycles. The van der Waals surface area contributed by atoms with E-state index in [4.69, 9.17) is 11.6 Å². The second-order valence-corrected chi connectivity index (χ2v) is 6.06. The third kappa shape index (κ3) is 5.35. The molecule has 0 aliphatic carbocycles. The van der Waals surface area contributed by atoms with Crippen molar-refractivity contribution in [1.82, 2.24) is 15.5 Å². The van der Waals surface area contributed by atoms with Crippen molar-refractivity contribution < 1.29 is 4.79 Å². The van der Waals surface area contributed by atoms with Gasteiger partial charge in [0, 0.05) is 11.6 Å². The number of likely N-dealkylation sites (N-methyl/N-ethyl adjacent to an activating group) is 1. The normalized spacial score (nSPS) is 18.5. The van der Waals surface area contributed by atoms with Gasteiger partial charge < -0.3 is 10.6 Å². The highest BCUT2D eigenvalue weighted by Crippen LogP contribution is 2.27. The lowest BCUT2D eigenvalue weighted by Crippen LogP contribution is -2.44. The van der Waals surface area contributed by atoms with Gasteiger partial charge in [0.25, 0.3) is 0 Å². The van der Waals surface area contributed by atoms with Crippen molar-refractivity contribution in [3.63, 3.8) is 0 Å². The second kappa shape index (κ2) is 10.1. The summed E-state index contributed by atoms with van der Waals surface area (Å²) in [5, 5.41) is 7.09. The fourth-order valence-corrected chi connectivity index (χ4v) is 3.34. The molecule has 0 spiro atoms. The molecule has 2 atom stereocenters. The van der Waals surface area contributed by atoms with Crippen LogP contribution in [0.5, 0.6) is 0 Å². The van der Waals surface area contributed by atoms with Crippen LogP contribution in [0.15, 0.2) is 24.3 Å². The number of halogens is 2. The Labute approximate surface area is 150 Å². The summed E-state index contributed by atoms with van der Waals surface area (Å²) in [6.07, 6.45) is 2.00. The van der Waals surface area contributed by atoms with Crippen molar-refractivity contribution in [2.75, 3.05) is 26.2 Å². The number of hydrogen-bond acceptors (Lipinski definition) is 3. The molecule has 0 saturated carbocycles. The minimum Gasteiger partial charge on any atom is -0.353 e. The Morgan fingerprint density at radius 3 is 2.65 bits per heavy atom. The van der Waals surface area contributed by atoms with Gasteiger partial charge in [-0.1, -0.05) is 43.6 Å². The van der Waals surface area contributed by atoms with E-state index in [1.807, 2.05) is 24.3 Å². The van der Waals surface area contributed by atoms with Gasteiger partial charge in [-0.25, -0.2) is 0 Å². The van der Waals surface area contributed by atoms with E-state index in [9.17, 15) is 4.79 Å². The first-order valence-electron chi connectivity index (χ1n) is 8.16. The summed E-state index contributed by atoms with van der Waals surface area (Å²) >= 11 is 6.37. The molecule has 6 heteroatoms. The number of benzene rings is 1. The molecular weight excluding hydrogens is 333 g/mol. The second-order valence-electron chi connectivity index (χ2n) is 5.65. The Morgan fingerprint density at radius 2 is 2.09 bits per heavy atom. The molecule has 2 unspecified atom stereocenters. The molecule has 4 nitrogen and oxygen atoms in total. The number of hydrogen-bond donors (Lipinski definition) is 2. The van der Waals surface area contributed by atoms with Crippen LogP contribution >= 0.6 is 24.0 Å². The number of rotatable bonds is 7. The van der Waals surface area contributed by atoms with Crippen LogP contribution < -0.4 is 10.6 Å². The number of nitrogens with one attached hydrogen (secondary N) is 2. The van der Waals surface area contributed by atoms with Crippen LogP contribution in [0.1, 0.15) is 38.3 Å². The van der Waals surface area contributed by atoms with E-state index in [-0.39, 0.29) is 30.4 Å². The lowest BCUT2D eigenvalue weighted by atomic mass is 10.0. The summed E-state index contributed by atoms with van der Waals surface area (Å²) in [5.41, 5.74) is 1.08. The average Bonchev–Trinajstić information content (AvgIpc) is 3.06. The summed E-state index contributed by atoms with van der Waals surface area (Å²) in [5.74, 6) is 0.0988. The van der Waals surface area contributed by atoms with Crippen LogP contribution in [0.2, 0.25) is 5.02 Å². The molecule has 0 aromatic heterocycles. The van der Waals surface area contributed by atoms with Gasteiger partial charge in [-0.05, 0) is 44.1 Å². The van der Waals surface area contributed by atoms with Gasteiger partial charge in [0.2, 0.25) is 5.91 Å². The molecule has 1 heterocycles. The van der Waals surface area contributed by atoms with E-state index in [0.717, 1.165) is 43.1 Å². The molecule has 0 bridgehead atoms. The summed E-state index contributed by atoms with van der Waals surface area (Å²) in [6.45, 7) is 7.62. The lowest BCUT2D eigenvalue weighted by Gasteiger charge is -2.31. The predicted molar refractivity (Wildman–Crippen MR) is 98.4 cm³/mol. The summed E-state index contributed by atoms with van der Waals surface area (Å²) < 4.78 is 0. The van der Waals surface area contributed by atoms with Crippen molar-refractivity contribution >= 4 is 29.9 Å². The number of nitrogens with zero attached hydrogens (tertiary/aromatic N) is 1. The molecule has 1 fully saturated rings. The standard InChI is InChI=1S/C17H26ClN3O.ClH/c1-3-21(4-2)16(13-8-5-6-9-14(13)18)12-20-17(22)15-10-7-11-19-15;/h5-6,8-9,15-16,19H,3-4,7,10-12H2,1-2H3,(H,20,22);1H. The Bertz CT molecular complexity index is 488. The van der Waals surface area contributed by atoms with E-state index in [2.05, 4.69) is 29.4 Å². The molecule has 2 rings (SSSR count). The van der Waals surface area contributed by atoms with Crippen molar-refractivity contribution in [2.24, 2.45) is 0 Å². The first kappa shape index (κ1) is 20.2. The van der Waals surface area contributed by atoms with E-state index < -0.39 is 0 Å². The van der Waals surface area contributed by atoms with Gasteiger partial charge in [0.05, 0.1) is 12.1 Å². The van der Waals surface area contributed by atoms with Crippen molar-refractivity contribution in [3.8, 4) is 0 Å². The fraction of sp³-hybridized carbons (Fsp3) is 0.588. The monoisotopic (exact) mass is 359 g/mol. The maximum atomic E-state index is 12.2. The molecule has 130 valence electrons. The van der Waals surface area contributed by atoms with Gasteiger partial charge >= 0.3 is 0 Å². The van der Waals surface area contributed by atoms with Gasteiger partial charge in [-0.2, -0.15) is 0 Å². The van der Waals surface area contributed by atoms with Crippen molar-refractivity contribution in [2.45, 2.75) is 38.8 Å². The lowest BCUT2D eigenvalue weighted by molar-refractivity contribution is -0.123. The maximum absolute atomic E-state index is 12.2. The molecule has 0 radical (unpaired) electrons. The fourth-order valence-electron chi connectivity index (χ4n) is 3.07. The van der Waals surface area contributed by atoms with Crippen LogP contribution in [-0.4, -0.2) is 43.0 Å². The predicted octanol–water partition coefficient (Wildman–Crippen LogP) is 3.01. The highest BCUT2D eigenvalue weighted by atomic mass is 35.5. The minimum absolute atomic E-state index is 0. The molecule has 2 N–H and O–H groups in total. The molecule has 1 aliphatic heterocycles. The number of amides is 1. The molecule has 1 saturated heterocycles. The van der Waals surface area contributed by atoms with Gasteiger partial charge in [-0.3, -0.25) is 9.69 Å². The number of carbonyl (C=O) groups excluding carboxylic acids is 1. The summed E-state index contributed by atoms with van der Waals surface area (Å²) in [4.78, 5) is 14.6. The van der Waals surface area contributed by atoms with Gasteiger partial charge in [0.1, 0.15) is 0 Å². The zero-order valence-corrected chi connectivity index (χ0v) is 15.4. The summed E-state index contributed by atoms with van der Waals surface area (Å²) in [6, 6.07) is 7.96. The molecule has 1 aliphatic rings. The number of carbonyl (C=O) groups is 1. The van der Waals surface area contributed by atoms with Crippen LogP contribution in [0.25, 0.3) is 0 Å². The highest BCUT2D eigenvalue weighted by molar-refractivity contribution is 6.31. The Kier molecular flexibility index (Phi) is 8.92. The minimum atomic E-state index is -0.0383. The smallest absolute Gasteiger partial charge is 0.237 e. The molecular formula is C17H27Cl2N3O. The van der Waals surface area contributed by atoms with E-state index in [0.29, 0.717) is 6.54 Å². The SMILES string of the molecule is CCN(CC)C(CNC(=O)C1CCCN1)c1ccccc1Cl.Cl. The molecule has 1 amide bonds. The van der Waals surface area contributed by atoms with Gasteiger partial charge in [0.15, 0.2) is 0 Å². The zero-order valence-electron chi connectivity index (χ0n) is 13.8. The Morgan fingerprint density at radius 1 is 1.39 bits per heavy atom. The zero-order chi connectivity index (χ0) is 15.9. The van der Waals surface area contributed by atoms with Crippen molar-refractivity contribution in [3.05, 3.63) is 34.9 Å². The highest BCUT2D eigenvalue weighted by Gasteiger charge is 2.25. The van der Waals surface area contributed by atoms with Crippen LogP contribution in [0.4, 0.5) is 0 Å². The van der Waals surface area contributed by atoms with Crippen LogP contribution in [0.3, 0.4) is 0 Å². The van der Waals surface area contributed by atoms with E-state index >= 15 is 0 Å². The Balaban J connectivity index is 0.00000264. The van der Waals surface area contributed by atoms with Crippen LogP contribution in [0, 0.1) is 0 Å². The average molecular weight is 360 g/mol. The van der Waals surface area contributed by atoms with E-state index in [1.165, 1.54) is 0 Å². The quantitative estimate of drug-likeness (QED) is 0.786. The maximum Gasteiger partial charge on any atom is 0.237 e. The topological polar surface area (TPSA) is 44.4 Å². The van der Waals surface area contributed by atoms with Crippen molar-refractivity contribution in [1.29, 1.82) is 0 Å². The first-order chi connectivity index (χ1) is 10.7. The van der Waals surface area contributed by atoms with Gasteiger partial charge in [-0.15, -0.1) is 12.4 Å². The summed E-state index contributed by atoms with van der Waals surface area (Å²) in [7, 11) is 0. The van der Waals surface area contributed by atoms with E-state index in [1.54, 1.807) is 0 Å². The molecule has 23 heavy (non-hydrogen) atoms. The van der Waals surface area contributed by atoms with Crippen LogP contribution in [-0.2, 0) is 4.79 Å². The third-order valence-electron chi connectivity index (χ3n) is 4.36. The largest absolute Gasteiger partial charge is 0.353 e.